The maximum absolute atomic E-state index is 12.4. The van der Waals surface area contributed by atoms with Crippen LogP contribution in [0.2, 0.25) is 0 Å². The summed E-state index contributed by atoms with van der Waals surface area (Å²) in [4.78, 5) is 36.2. The Balaban J connectivity index is 2.28. The molecule has 1 aliphatic carbocycles. The Bertz CT molecular complexity index is 605. The second-order valence-electron chi connectivity index (χ2n) is 6.11. The summed E-state index contributed by atoms with van der Waals surface area (Å²) in [5, 5.41) is 0. The molecule has 0 radical (unpaired) electrons. The van der Waals surface area contributed by atoms with Crippen molar-refractivity contribution in [3.8, 4) is 0 Å². The third-order valence-corrected chi connectivity index (χ3v) is 4.65. The zero-order valence-corrected chi connectivity index (χ0v) is 14.4. The Labute approximate surface area is 142 Å². The molecule has 0 bridgehead atoms. The summed E-state index contributed by atoms with van der Waals surface area (Å²) < 4.78 is 9.94. The van der Waals surface area contributed by atoms with Gasteiger partial charge in [0.25, 0.3) is 0 Å². The number of Topliss-reactive ketones (excluding diaryl/α,β-unsaturated/α-hetero) is 1. The van der Waals surface area contributed by atoms with E-state index in [1.807, 2.05) is 24.3 Å². The van der Waals surface area contributed by atoms with E-state index in [0.29, 0.717) is 12.8 Å². The average molecular weight is 332 g/mol. The SMILES string of the molecule is CCOC(=O)C(c1ccc(C(C)C(=O)OC)cc1)C1CCCC1=O. The Morgan fingerprint density at radius 1 is 1.17 bits per heavy atom. The molecule has 3 unspecified atom stereocenters. The number of methoxy groups -OCH3 is 1. The Morgan fingerprint density at radius 3 is 2.29 bits per heavy atom. The first-order valence-corrected chi connectivity index (χ1v) is 8.36. The lowest BCUT2D eigenvalue weighted by Gasteiger charge is -2.21. The third-order valence-electron chi connectivity index (χ3n) is 4.65. The molecule has 0 aromatic heterocycles. The molecule has 5 heteroatoms. The van der Waals surface area contributed by atoms with Crippen LogP contribution in [-0.2, 0) is 23.9 Å². The van der Waals surface area contributed by atoms with Crippen molar-refractivity contribution in [1.29, 1.82) is 0 Å². The van der Waals surface area contributed by atoms with Gasteiger partial charge in [-0.25, -0.2) is 0 Å². The average Bonchev–Trinajstić information content (AvgIpc) is 3.00. The van der Waals surface area contributed by atoms with Crippen molar-refractivity contribution in [1.82, 2.24) is 0 Å². The summed E-state index contributed by atoms with van der Waals surface area (Å²) >= 11 is 0. The number of ketones is 1. The highest BCUT2D eigenvalue weighted by molar-refractivity contribution is 5.91. The van der Waals surface area contributed by atoms with Crippen molar-refractivity contribution in [2.75, 3.05) is 13.7 Å². The van der Waals surface area contributed by atoms with Gasteiger partial charge < -0.3 is 9.47 Å². The minimum Gasteiger partial charge on any atom is -0.469 e. The van der Waals surface area contributed by atoms with E-state index in [-0.39, 0.29) is 36.2 Å². The summed E-state index contributed by atoms with van der Waals surface area (Å²) in [6.45, 7) is 3.81. The van der Waals surface area contributed by atoms with Crippen LogP contribution in [0, 0.1) is 5.92 Å². The highest BCUT2D eigenvalue weighted by Gasteiger charge is 2.38. The first-order valence-electron chi connectivity index (χ1n) is 8.36. The quantitative estimate of drug-likeness (QED) is 0.749. The van der Waals surface area contributed by atoms with Crippen LogP contribution in [0.1, 0.15) is 56.1 Å². The number of benzene rings is 1. The van der Waals surface area contributed by atoms with Gasteiger partial charge in [-0.2, -0.15) is 0 Å². The molecule has 2 rings (SSSR count). The maximum atomic E-state index is 12.4. The van der Waals surface area contributed by atoms with Crippen molar-refractivity contribution in [2.24, 2.45) is 5.92 Å². The smallest absolute Gasteiger partial charge is 0.314 e. The molecule has 1 aromatic carbocycles. The molecular formula is C19H24O5. The van der Waals surface area contributed by atoms with Crippen molar-refractivity contribution >= 4 is 17.7 Å². The number of hydrogen-bond acceptors (Lipinski definition) is 5. The number of esters is 2. The molecule has 24 heavy (non-hydrogen) atoms. The van der Waals surface area contributed by atoms with Gasteiger partial charge >= 0.3 is 11.9 Å². The van der Waals surface area contributed by atoms with E-state index in [0.717, 1.165) is 17.5 Å². The molecule has 0 heterocycles. The zero-order chi connectivity index (χ0) is 17.7. The lowest BCUT2D eigenvalue weighted by atomic mass is 9.83. The van der Waals surface area contributed by atoms with E-state index >= 15 is 0 Å². The van der Waals surface area contributed by atoms with E-state index in [2.05, 4.69) is 0 Å². The van der Waals surface area contributed by atoms with Gasteiger partial charge in [-0.05, 0) is 37.8 Å². The van der Waals surface area contributed by atoms with Crippen LogP contribution in [0.15, 0.2) is 24.3 Å². The number of hydrogen-bond donors (Lipinski definition) is 0. The van der Waals surface area contributed by atoms with Crippen molar-refractivity contribution < 1.29 is 23.9 Å². The second-order valence-corrected chi connectivity index (χ2v) is 6.11. The fraction of sp³-hybridized carbons (Fsp3) is 0.526. The van der Waals surface area contributed by atoms with Gasteiger partial charge in [0.2, 0.25) is 0 Å². The molecule has 0 spiro atoms. The highest BCUT2D eigenvalue weighted by atomic mass is 16.5. The van der Waals surface area contributed by atoms with E-state index in [1.165, 1.54) is 7.11 Å². The summed E-state index contributed by atoms with van der Waals surface area (Å²) in [7, 11) is 1.36. The molecule has 1 aliphatic rings. The highest BCUT2D eigenvalue weighted by Crippen LogP contribution is 2.36. The fourth-order valence-electron chi connectivity index (χ4n) is 3.26. The molecule has 1 saturated carbocycles. The predicted molar refractivity (Wildman–Crippen MR) is 88.6 cm³/mol. The molecule has 0 N–H and O–H groups in total. The number of carbonyl (C=O) groups excluding carboxylic acids is 3. The Morgan fingerprint density at radius 2 is 1.79 bits per heavy atom. The Hall–Kier alpha value is -2.17. The lowest BCUT2D eigenvalue weighted by molar-refractivity contribution is -0.148. The van der Waals surface area contributed by atoms with E-state index < -0.39 is 5.92 Å². The molecule has 0 amide bonds. The van der Waals surface area contributed by atoms with Crippen LogP contribution in [0.25, 0.3) is 0 Å². The molecule has 3 atom stereocenters. The van der Waals surface area contributed by atoms with E-state index in [4.69, 9.17) is 9.47 Å². The molecule has 130 valence electrons. The van der Waals surface area contributed by atoms with Crippen LogP contribution in [0.3, 0.4) is 0 Å². The van der Waals surface area contributed by atoms with Crippen LogP contribution >= 0.6 is 0 Å². The number of rotatable bonds is 6. The number of ether oxygens (including phenoxy) is 2. The summed E-state index contributed by atoms with van der Waals surface area (Å²) in [5.74, 6) is -1.80. The van der Waals surface area contributed by atoms with Crippen LogP contribution < -0.4 is 0 Å². The predicted octanol–water partition coefficient (Wildman–Crippen LogP) is 2.98. The van der Waals surface area contributed by atoms with E-state index in [9.17, 15) is 14.4 Å². The summed E-state index contributed by atoms with van der Waals surface area (Å²) in [6.07, 6.45) is 2.05. The van der Waals surface area contributed by atoms with Gasteiger partial charge in [0, 0.05) is 12.3 Å². The molecule has 1 fully saturated rings. The summed E-state index contributed by atoms with van der Waals surface area (Å²) in [5.41, 5.74) is 1.57. The van der Waals surface area contributed by atoms with Gasteiger partial charge in [-0.3, -0.25) is 14.4 Å². The zero-order valence-electron chi connectivity index (χ0n) is 14.4. The van der Waals surface area contributed by atoms with Crippen molar-refractivity contribution in [3.05, 3.63) is 35.4 Å². The van der Waals surface area contributed by atoms with Crippen LogP contribution in [0.5, 0.6) is 0 Å². The third kappa shape index (κ3) is 3.83. The van der Waals surface area contributed by atoms with Crippen molar-refractivity contribution in [3.63, 3.8) is 0 Å². The lowest BCUT2D eigenvalue weighted by Crippen LogP contribution is -2.26. The largest absolute Gasteiger partial charge is 0.469 e. The topological polar surface area (TPSA) is 69.7 Å². The van der Waals surface area contributed by atoms with Gasteiger partial charge in [-0.15, -0.1) is 0 Å². The van der Waals surface area contributed by atoms with Crippen LogP contribution in [-0.4, -0.2) is 31.4 Å². The van der Waals surface area contributed by atoms with E-state index in [1.54, 1.807) is 13.8 Å². The fourth-order valence-corrected chi connectivity index (χ4v) is 3.26. The Kier molecular flexibility index (Phi) is 6.12. The number of carbonyl (C=O) groups is 3. The van der Waals surface area contributed by atoms with Gasteiger partial charge in [0.05, 0.1) is 25.6 Å². The standard InChI is InChI=1S/C19H24O5/c1-4-24-19(22)17(15-6-5-7-16(15)20)14-10-8-13(9-11-14)12(2)18(21)23-3/h8-12,15,17H,4-7H2,1-3H3. The molecule has 1 aromatic rings. The molecule has 5 nitrogen and oxygen atoms in total. The second kappa shape index (κ2) is 8.08. The minimum atomic E-state index is -0.567. The monoisotopic (exact) mass is 332 g/mol. The van der Waals surface area contributed by atoms with Crippen molar-refractivity contribution in [2.45, 2.75) is 44.9 Å². The maximum Gasteiger partial charge on any atom is 0.314 e. The van der Waals surface area contributed by atoms with Gasteiger partial charge in [0.15, 0.2) is 0 Å². The summed E-state index contributed by atoms with van der Waals surface area (Å²) in [6, 6.07) is 7.23. The minimum absolute atomic E-state index is 0.125. The first-order chi connectivity index (χ1) is 11.5. The van der Waals surface area contributed by atoms with Gasteiger partial charge in [0.1, 0.15) is 5.78 Å². The van der Waals surface area contributed by atoms with Crippen LogP contribution in [0.4, 0.5) is 0 Å². The first kappa shape index (κ1) is 18.2. The molecule has 0 aliphatic heterocycles. The molecular weight excluding hydrogens is 308 g/mol. The normalized spacial score (nSPS) is 19.6. The van der Waals surface area contributed by atoms with Gasteiger partial charge in [-0.1, -0.05) is 24.3 Å². The molecule has 0 saturated heterocycles.